The summed E-state index contributed by atoms with van der Waals surface area (Å²) in [6.07, 6.45) is 0.599. The summed E-state index contributed by atoms with van der Waals surface area (Å²) in [5.74, 6) is 0.0192. The van der Waals surface area contributed by atoms with E-state index >= 15 is 0 Å². The molecule has 0 atom stereocenters. The molecule has 1 N–H and O–H groups in total. The molecule has 1 aliphatic rings. The molecule has 1 aromatic heterocycles. The molecule has 1 aliphatic heterocycles. The number of aromatic nitrogens is 1. The van der Waals surface area contributed by atoms with E-state index in [0.717, 1.165) is 34.2 Å². The van der Waals surface area contributed by atoms with Crippen LogP contribution < -0.4 is 10.2 Å². The number of benzene rings is 2. The minimum atomic E-state index is -0.0753. The second kappa shape index (κ2) is 10.6. The number of para-hydroxylation sites is 1. The number of carbonyl (C=O) groups is 2. The number of carbonyl (C=O) groups excluding carboxylic acids is 2. The summed E-state index contributed by atoms with van der Waals surface area (Å²) < 4.78 is 0. The van der Waals surface area contributed by atoms with E-state index in [-0.39, 0.29) is 18.2 Å². The van der Waals surface area contributed by atoms with Gasteiger partial charge in [0.2, 0.25) is 11.8 Å². The molecule has 172 valence electrons. The van der Waals surface area contributed by atoms with Crippen LogP contribution in [0.2, 0.25) is 0 Å². The molecule has 4 rings (SSSR count). The average molecular weight is 463 g/mol. The molecule has 0 aliphatic carbocycles. The van der Waals surface area contributed by atoms with Crippen LogP contribution in [-0.4, -0.2) is 54.4 Å². The van der Waals surface area contributed by atoms with Crippen LogP contribution in [-0.2, 0) is 16.0 Å². The Balaban J connectivity index is 1.23. The van der Waals surface area contributed by atoms with Crippen molar-refractivity contribution in [3.63, 3.8) is 0 Å². The molecule has 1 saturated heterocycles. The lowest BCUT2D eigenvalue weighted by Crippen LogP contribution is -2.49. The summed E-state index contributed by atoms with van der Waals surface area (Å²) in [4.78, 5) is 34.9. The van der Waals surface area contributed by atoms with E-state index in [9.17, 15) is 9.59 Å². The molecule has 2 heterocycles. The second-order valence-electron chi connectivity index (χ2n) is 8.35. The van der Waals surface area contributed by atoms with E-state index in [1.54, 1.807) is 11.3 Å². The largest absolute Gasteiger partial charge is 0.368 e. The number of rotatable bonds is 7. The van der Waals surface area contributed by atoms with E-state index < -0.39 is 0 Å². The fourth-order valence-electron chi connectivity index (χ4n) is 4.05. The number of amides is 2. The van der Waals surface area contributed by atoms with Gasteiger partial charge >= 0.3 is 0 Å². The molecule has 2 amide bonds. The molecule has 2 aromatic carbocycles. The van der Waals surface area contributed by atoms with E-state index in [2.05, 4.69) is 46.4 Å². The van der Waals surface area contributed by atoms with Gasteiger partial charge in [0.25, 0.3) is 0 Å². The summed E-state index contributed by atoms with van der Waals surface area (Å²) in [6.45, 7) is 7.44. The van der Waals surface area contributed by atoms with Gasteiger partial charge in [0.1, 0.15) is 0 Å². The lowest BCUT2D eigenvalue weighted by Gasteiger charge is -2.36. The zero-order valence-electron chi connectivity index (χ0n) is 19.2. The second-order valence-corrected chi connectivity index (χ2v) is 9.64. The Labute approximate surface area is 199 Å². The number of anilines is 1. The third-order valence-electron chi connectivity index (χ3n) is 5.87. The molecule has 0 saturated carbocycles. The molecule has 0 bridgehead atoms. The Morgan fingerprint density at radius 1 is 0.970 bits per heavy atom. The topological polar surface area (TPSA) is 65.5 Å². The zero-order chi connectivity index (χ0) is 23.2. The summed E-state index contributed by atoms with van der Waals surface area (Å²) in [6, 6.07) is 18.5. The van der Waals surface area contributed by atoms with Crippen molar-refractivity contribution in [1.29, 1.82) is 0 Å². The summed E-state index contributed by atoms with van der Waals surface area (Å²) in [7, 11) is 0. The normalized spacial score (nSPS) is 13.8. The van der Waals surface area contributed by atoms with E-state index in [1.165, 1.54) is 11.3 Å². The number of piperazine rings is 1. The van der Waals surface area contributed by atoms with Crippen LogP contribution in [0.4, 0.5) is 5.69 Å². The first-order valence-electron chi connectivity index (χ1n) is 11.4. The quantitative estimate of drug-likeness (QED) is 0.580. The lowest BCUT2D eigenvalue weighted by molar-refractivity contribution is -0.131. The highest BCUT2D eigenvalue weighted by molar-refractivity contribution is 7.12. The van der Waals surface area contributed by atoms with Gasteiger partial charge < -0.3 is 15.1 Å². The molecular formula is C26H30N4O2S. The van der Waals surface area contributed by atoms with E-state index in [0.29, 0.717) is 26.1 Å². The molecule has 1 fully saturated rings. The molecule has 33 heavy (non-hydrogen) atoms. The van der Waals surface area contributed by atoms with E-state index in [4.69, 9.17) is 0 Å². The lowest BCUT2D eigenvalue weighted by atomic mass is 10.1. The number of hydrogen-bond donors (Lipinski definition) is 1. The van der Waals surface area contributed by atoms with Gasteiger partial charge in [-0.1, -0.05) is 48.0 Å². The Kier molecular flexibility index (Phi) is 7.40. The van der Waals surface area contributed by atoms with Crippen molar-refractivity contribution < 1.29 is 9.59 Å². The maximum Gasteiger partial charge on any atom is 0.225 e. The number of thiazole rings is 1. The van der Waals surface area contributed by atoms with Gasteiger partial charge in [-0.25, -0.2) is 4.98 Å². The highest BCUT2D eigenvalue weighted by Crippen LogP contribution is 2.28. The highest BCUT2D eigenvalue weighted by atomic mass is 32.1. The van der Waals surface area contributed by atoms with Crippen molar-refractivity contribution in [2.45, 2.75) is 26.7 Å². The highest BCUT2D eigenvalue weighted by Gasteiger charge is 2.21. The van der Waals surface area contributed by atoms with Crippen LogP contribution in [0.3, 0.4) is 0 Å². The standard InChI is InChI=1S/C26H30N4O2S/c1-19-8-10-21(11-9-19)26-23(33-20(2)28-26)18-24(31)27-13-12-25(32)30-16-14-29(15-17-30)22-6-4-3-5-7-22/h3-11H,12-18H2,1-2H3,(H,27,31). The van der Waals surface area contributed by atoms with Gasteiger partial charge in [0.15, 0.2) is 0 Å². The molecule has 3 aromatic rings. The fraction of sp³-hybridized carbons (Fsp3) is 0.346. The van der Waals surface area contributed by atoms with Gasteiger partial charge in [-0.2, -0.15) is 0 Å². The smallest absolute Gasteiger partial charge is 0.225 e. The molecule has 7 heteroatoms. The van der Waals surface area contributed by atoms with Crippen LogP contribution in [0.5, 0.6) is 0 Å². The van der Waals surface area contributed by atoms with Crippen molar-refractivity contribution in [3.8, 4) is 11.3 Å². The molecular weight excluding hydrogens is 432 g/mol. The van der Waals surface area contributed by atoms with Crippen LogP contribution in [0.1, 0.15) is 21.9 Å². The summed E-state index contributed by atoms with van der Waals surface area (Å²) in [5, 5.41) is 3.86. The minimum Gasteiger partial charge on any atom is -0.368 e. The molecule has 0 unspecified atom stereocenters. The van der Waals surface area contributed by atoms with Gasteiger partial charge in [0.05, 0.1) is 17.1 Å². The van der Waals surface area contributed by atoms with Crippen LogP contribution in [0.25, 0.3) is 11.3 Å². The molecule has 6 nitrogen and oxygen atoms in total. The van der Waals surface area contributed by atoms with Crippen LogP contribution in [0.15, 0.2) is 54.6 Å². The van der Waals surface area contributed by atoms with Gasteiger partial charge in [-0.15, -0.1) is 11.3 Å². The van der Waals surface area contributed by atoms with Crippen molar-refractivity contribution in [2.24, 2.45) is 0 Å². The van der Waals surface area contributed by atoms with E-state index in [1.807, 2.05) is 42.2 Å². The van der Waals surface area contributed by atoms with Crippen molar-refractivity contribution in [2.75, 3.05) is 37.6 Å². The summed E-state index contributed by atoms with van der Waals surface area (Å²) in [5.41, 5.74) is 4.29. The first-order chi connectivity index (χ1) is 16.0. The SMILES string of the molecule is Cc1ccc(-c2nc(C)sc2CC(=O)NCCC(=O)N2CCN(c3ccccc3)CC2)cc1. The predicted molar refractivity (Wildman–Crippen MR) is 134 cm³/mol. The van der Waals surface area contributed by atoms with Gasteiger partial charge in [-0.05, 0) is 26.0 Å². The van der Waals surface area contributed by atoms with Gasteiger partial charge in [0, 0.05) is 55.3 Å². The third kappa shape index (κ3) is 5.99. The predicted octanol–water partition coefficient (Wildman–Crippen LogP) is 3.82. The Morgan fingerprint density at radius 2 is 1.67 bits per heavy atom. The average Bonchev–Trinajstić information content (AvgIpc) is 3.19. The number of hydrogen-bond acceptors (Lipinski definition) is 5. The maximum atomic E-state index is 12.6. The van der Waals surface area contributed by atoms with Gasteiger partial charge in [-0.3, -0.25) is 9.59 Å². The third-order valence-corrected chi connectivity index (χ3v) is 6.84. The maximum absolute atomic E-state index is 12.6. The Morgan fingerprint density at radius 3 is 2.36 bits per heavy atom. The monoisotopic (exact) mass is 462 g/mol. The molecule has 0 radical (unpaired) electrons. The van der Waals surface area contributed by atoms with Crippen LogP contribution >= 0.6 is 11.3 Å². The number of aryl methyl sites for hydroxylation is 2. The minimum absolute atomic E-state index is 0.0753. The number of nitrogens with zero attached hydrogens (tertiary/aromatic N) is 3. The van der Waals surface area contributed by atoms with Crippen molar-refractivity contribution in [1.82, 2.24) is 15.2 Å². The number of nitrogens with one attached hydrogen (secondary N) is 1. The zero-order valence-corrected chi connectivity index (χ0v) is 20.0. The Bertz CT molecular complexity index is 1090. The fourth-order valence-corrected chi connectivity index (χ4v) is 5.01. The molecule has 0 spiro atoms. The Hall–Kier alpha value is -3.19. The first kappa shape index (κ1) is 23.0. The van der Waals surface area contributed by atoms with Crippen molar-refractivity contribution in [3.05, 3.63) is 70.0 Å². The van der Waals surface area contributed by atoms with Crippen molar-refractivity contribution >= 4 is 28.8 Å². The first-order valence-corrected chi connectivity index (χ1v) is 12.2. The summed E-state index contributed by atoms with van der Waals surface area (Å²) >= 11 is 1.55. The van der Waals surface area contributed by atoms with Crippen LogP contribution in [0, 0.1) is 13.8 Å².